The lowest BCUT2D eigenvalue weighted by Gasteiger charge is -2.05. The summed E-state index contributed by atoms with van der Waals surface area (Å²) in [4.78, 5) is 17.9. The number of carbonyl (C=O) groups is 1. The van der Waals surface area contributed by atoms with E-state index in [1.165, 1.54) is 23.9 Å². The van der Waals surface area contributed by atoms with Crippen LogP contribution in [0.4, 0.5) is 10.1 Å². The number of aromatic nitrogens is 1. The predicted octanol–water partition coefficient (Wildman–Crippen LogP) is 7.10. The van der Waals surface area contributed by atoms with Crippen LogP contribution < -0.4 is 5.32 Å². The maximum absolute atomic E-state index is 13.3. The molecule has 4 nitrogen and oxygen atoms in total. The molecule has 3 aromatic carbocycles. The summed E-state index contributed by atoms with van der Waals surface area (Å²) < 4.78 is 16.5. The summed E-state index contributed by atoms with van der Waals surface area (Å²) in [6.07, 6.45) is 3.94. The van der Waals surface area contributed by atoms with E-state index in [9.17, 15) is 9.18 Å². The SMILES string of the molecule is Cc1cc(N=C2NC(=O)/C(=C/c3cn(Cc4ccc(F)cc4)c4ccccc34)S2)cc(C)c1Br. The molecule has 0 spiro atoms. The molecule has 0 aliphatic carbocycles. The topological polar surface area (TPSA) is 46.4 Å². The zero-order chi connectivity index (χ0) is 23.8. The van der Waals surface area contributed by atoms with Gasteiger partial charge >= 0.3 is 0 Å². The number of para-hydroxylation sites is 1. The number of thioether (sulfide) groups is 1. The number of rotatable bonds is 4. The summed E-state index contributed by atoms with van der Waals surface area (Å²) in [5.41, 5.74) is 6.00. The molecule has 34 heavy (non-hydrogen) atoms. The van der Waals surface area contributed by atoms with E-state index < -0.39 is 0 Å². The summed E-state index contributed by atoms with van der Waals surface area (Å²) >= 11 is 4.91. The highest BCUT2D eigenvalue weighted by Gasteiger charge is 2.24. The Kier molecular flexibility index (Phi) is 6.15. The summed E-state index contributed by atoms with van der Waals surface area (Å²) in [5.74, 6) is -0.411. The molecule has 0 saturated carbocycles. The van der Waals surface area contributed by atoms with Crippen LogP contribution in [0.25, 0.3) is 17.0 Å². The Hall–Kier alpha value is -3.16. The molecule has 1 aliphatic heterocycles. The number of nitrogens with one attached hydrogen (secondary N) is 1. The quantitative estimate of drug-likeness (QED) is 0.284. The van der Waals surface area contributed by atoms with E-state index in [0.29, 0.717) is 16.6 Å². The zero-order valence-corrected chi connectivity index (χ0v) is 21.0. The molecule has 7 heteroatoms. The number of amides is 1. The van der Waals surface area contributed by atoms with Gasteiger partial charge in [-0.25, -0.2) is 9.38 Å². The molecule has 1 N–H and O–H groups in total. The maximum atomic E-state index is 13.3. The van der Waals surface area contributed by atoms with Crippen LogP contribution in [0.5, 0.6) is 0 Å². The number of aliphatic imine (C=N–C) groups is 1. The van der Waals surface area contributed by atoms with Crippen LogP contribution in [0.2, 0.25) is 0 Å². The van der Waals surface area contributed by atoms with Gasteiger partial charge in [0.05, 0.1) is 10.6 Å². The maximum Gasteiger partial charge on any atom is 0.264 e. The molecule has 1 saturated heterocycles. The molecule has 0 unspecified atom stereocenters. The van der Waals surface area contributed by atoms with Crippen LogP contribution in [0.3, 0.4) is 0 Å². The summed E-state index contributed by atoms with van der Waals surface area (Å²) in [7, 11) is 0. The minimum Gasteiger partial charge on any atom is -0.342 e. The van der Waals surface area contributed by atoms with Gasteiger partial charge in [-0.1, -0.05) is 46.3 Å². The van der Waals surface area contributed by atoms with E-state index in [0.717, 1.165) is 43.3 Å². The normalized spacial score (nSPS) is 16.1. The first-order valence-corrected chi connectivity index (χ1v) is 12.4. The van der Waals surface area contributed by atoms with Gasteiger partial charge in [0.1, 0.15) is 5.82 Å². The first-order chi connectivity index (χ1) is 16.4. The Morgan fingerprint density at radius 2 is 1.79 bits per heavy atom. The monoisotopic (exact) mass is 533 g/mol. The van der Waals surface area contributed by atoms with E-state index in [1.54, 1.807) is 12.1 Å². The van der Waals surface area contributed by atoms with Crippen LogP contribution in [-0.2, 0) is 11.3 Å². The van der Waals surface area contributed by atoms with Gasteiger partial charge in [-0.05, 0) is 78.7 Å². The van der Waals surface area contributed by atoms with Gasteiger partial charge in [0.2, 0.25) is 0 Å². The first-order valence-electron chi connectivity index (χ1n) is 10.8. The van der Waals surface area contributed by atoms with Gasteiger partial charge in [0.25, 0.3) is 5.91 Å². The number of amidine groups is 1. The van der Waals surface area contributed by atoms with E-state index >= 15 is 0 Å². The summed E-state index contributed by atoms with van der Waals surface area (Å²) in [6, 6.07) is 18.6. The number of carbonyl (C=O) groups excluding carboxylic acids is 1. The summed E-state index contributed by atoms with van der Waals surface area (Å²) in [5, 5.41) is 4.49. The first kappa shape index (κ1) is 22.6. The van der Waals surface area contributed by atoms with Crippen molar-refractivity contribution >= 4 is 61.4 Å². The van der Waals surface area contributed by atoms with Gasteiger partial charge in [-0.15, -0.1) is 0 Å². The molecule has 0 atom stereocenters. The molecule has 5 rings (SSSR count). The van der Waals surface area contributed by atoms with Crippen LogP contribution in [-0.4, -0.2) is 15.6 Å². The second-order valence-corrected chi connectivity index (χ2v) is 10.1. The molecule has 2 heterocycles. The van der Waals surface area contributed by atoms with Gasteiger partial charge in [-0.2, -0.15) is 0 Å². The highest BCUT2D eigenvalue weighted by molar-refractivity contribution is 9.10. The molecule has 170 valence electrons. The van der Waals surface area contributed by atoms with Crippen molar-refractivity contribution in [2.75, 3.05) is 0 Å². The molecular formula is C27H21BrFN3OS. The Morgan fingerprint density at radius 3 is 2.53 bits per heavy atom. The lowest BCUT2D eigenvalue weighted by molar-refractivity contribution is -0.115. The third-order valence-electron chi connectivity index (χ3n) is 5.67. The fourth-order valence-electron chi connectivity index (χ4n) is 4.03. The van der Waals surface area contributed by atoms with E-state index in [2.05, 4.69) is 30.8 Å². The molecule has 4 aromatic rings. The van der Waals surface area contributed by atoms with Crippen LogP contribution in [0.15, 0.2) is 81.2 Å². The highest BCUT2D eigenvalue weighted by Crippen LogP contribution is 2.33. The lowest BCUT2D eigenvalue weighted by atomic mass is 10.1. The molecule has 1 amide bonds. The van der Waals surface area contributed by atoms with Crippen molar-refractivity contribution in [2.45, 2.75) is 20.4 Å². The number of hydrogen-bond acceptors (Lipinski definition) is 3. The number of benzene rings is 3. The second-order valence-electron chi connectivity index (χ2n) is 8.23. The fourth-order valence-corrected chi connectivity index (χ4v) is 5.10. The van der Waals surface area contributed by atoms with E-state index in [4.69, 9.17) is 0 Å². The average Bonchev–Trinajstić information content (AvgIpc) is 3.33. The van der Waals surface area contributed by atoms with Crippen molar-refractivity contribution in [1.29, 1.82) is 0 Å². The van der Waals surface area contributed by atoms with Crippen molar-refractivity contribution < 1.29 is 9.18 Å². The number of fused-ring (bicyclic) bond motifs is 1. The van der Waals surface area contributed by atoms with Crippen LogP contribution in [0, 0.1) is 19.7 Å². The Balaban J connectivity index is 1.46. The van der Waals surface area contributed by atoms with Crippen LogP contribution in [0.1, 0.15) is 22.3 Å². The zero-order valence-electron chi connectivity index (χ0n) is 18.6. The Labute approximate surface area is 209 Å². The minimum atomic E-state index is -0.248. The van der Waals surface area contributed by atoms with Crippen LogP contribution >= 0.6 is 27.7 Å². The van der Waals surface area contributed by atoms with Gasteiger partial charge < -0.3 is 9.88 Å². The highest BCUT2D eigenvalue weighted by atomic mass is 79.9. The van der Waals surface area contributed by atoms with Crippen molar-refractivity contribution in [3.8, 4) is 0 Å². The lowest BCUT2D eigenvalue weighted by Crippen LogP contribution is -2.19. The molecule has 0 bridgehead atoms. The standard InChI is InChI=1S/C27H21BrFN3OS/c1-16-11-21(12-17(2)25(16)28)30-27-31-26(33)24(34-27)13-19-15-32(23-6-4-3-5-22(19)23)14-18-7-9-20(29)10-8-18/h3-13,15H,14H2,1-2H3,(H,30,31,33)/b24-13-. The number of halogens is 2. The molecule has 1 aliphatic rings. The predicted molar refractivity (Wildman–Crippen MR) is 142 cm³/mol. The van der Waals surface area contributed by atoms with Crippen molar-refractivity contribution in [1.82, 2.24) is 9.88 Å². The number of hydrogen-bond donors (Lipinski definition) is 1. The minimum absolute atomic E-state index is 0.162. The largest absolute Gasteiger partial charge is 0.342 e. The Bertz CT molecular complexity index is 1460. The number of nitrogens with zero attached hydrogens (tertiary/aromatic N) is 2. The Morgan fingerprint density at radius 1 is 1.09 bits per heavy atom. The van der Waals surface area contributed by atoms with Crippen molar-refractivity contribution in [3.05, 3.63) is 104 Å². The van der Waals surface area contributed by atoms with Crippen molar-refractivity contribution in [3.63, 3.8) is 0 Å². The second kappa shape index (κ2) is 9.24. The summed E-state index contributed by atoms with van der Waals surface area (Å²) in [6.45, 7) is 4.65. The third-order valence-corrected chi connectivity index (χ3v) is 7.84. The van der Waals surface area contributed by atoms with E-state index in [-0.39, 0.29) is 11.7 Å². The number of aryl methyl sites for hydroxylation is 2. The molecule has 1 aromatic heterocycles. The smallest absolute Gasteiger partial charge is 0.264 e. The fraction of sp³-hybridized carbons (Fsp3) is 0.111. The molecular weight excluding hydrogens is 513 g/mol. The molecule has 0 radical (unpaired) electrons. The average molecular weight is 534 g/mol. The van der Waals surface area contributed by atoms with Gasteiger partial charge in [0.15, 0.2) is 5.17 Å². The third kappa shape index (κ3) is 4.58. The molecule has 1 fully saturated rings. The van der Waals surface area contributed by atoms with Crippen molar-refractivity contribution in [2.24, 2.45) is 4.99 Å². The van der Waals surface area contributed by atoms with E-state index in [1.807, 2.05) is 62.5 Å². The van der Waals surface area contributed by atoms with Gasteiger partial charge in [0, 0.05) is 33.7 Å². The van der Waals surface area contributed by atoms with Gasteiger partial charge in [-0.3, -0.25) is 4.79 Å².